The number of nitrogen functional groups attached to an aromatic ring is 1. The van der Waals surface area contributed by atoms with Gasteiger partial charge in [0.2, 0.25) is 0 Å². The summed E-state index contributed by atoms with van der Waals surface area (Å²) in [7, 11) is 1.33. The summed E-state index contributed by atoms with van der Waals surface area (Å²) in [6.45, 7) is 2.72. The molecule has 6 heteroatoms. The SMILES string of the molecule is CCc1ccc(CNc2c(Cl)cc(N)cc2C(=O)OC)s1. The number of methoxy groups -OCH3 is 1. The smallest absolute Gasteiger partial charge is 0.340 e. The normalized spacial score (nSPS) is 10.4. The first-order valence-electron chi connectivity index (χ1n) is 6.54. The Morgan fingerprint density at radius 3 is 2.71 bits per heavy atom. The lowest BCUT2D eigenvalue weighted by atomic mass is 10.1. The molecule has 0 bridgehead atoms. The molecule has 2 rings (SSSR count). The first-order valence-corrected chi connectivity index (χ1v) is 7.73. The number of rotatable bonds is 5. The number of benzene rings is 1. The Morgan fingerprint density at radius 2 is 2.10 bits per heavy atom. The van der Waals surface area contributed by atoms with Gasteiger partial charge in [-0.25, -0.2) is 4.79 Å². The highest BCUT2D eigenvalue weighted by molar-refractivity contribution is 7.12. The molecule has 0 fully saturated rings. The standard InChI is InChI=1S/C15H17ClN2O2S/c1-3-10-4-5-11(21-10)8-18-14-12(15(19)20-2)6-9(17)7-13(14)16/h4-7,18H,3,8,17H2,1-2H3. The number of carbonyl (C=O) groups excluding carboxylic acids is 1. The molecule has 1 aromatic carbocycles. The minimum absolute atomic E-state index is 0.342. The Bertz CT molecular complexity index is 655. The molecule has 0 amide bonds. The number of hydrogen-bond donors (Lipinski definition) is 2. The third-order valence-electron chi connectivity index (χ3n) is 3.02. The number of anilines is 2. The van der Waals surface area contributed by atoms with Crippen molar-refractivity contribution in [2.24, 2.45) is 0 Å². The number of halogens is 1. The molecule has 4 nitrogen and oxygen atoms in total. The van der Waals surface area contributed by atoms with Gasteiger partial charge in [-0.05, 0) is 30.7 Å². The highest BCUT2D eigenvalue weighted by Gasteiger charge is 2.16. The Morgan fingerprint density at radius 1 is 1.38 bits per heavy atom. The maximum atomic E-state index is 11.8. The molecule has 1 heterocycles. The largest absolute Gasteiger partial charge is 0.465 e. The predicted octanol–water partition coefficient (Wildman–Crippen LogP) is 3.94. The van der Waals surface area contributed by atoms with Crippen LogP contribution in [0.15, 0.2) is 24.3 Å². The van der Waals surface area contributed by atoms with Crippen molar-refractivity contribution in [2.45, 2.75) is 19.9 Å². The quantitative estimate of drug-likeness (QED) is 0.645. The molecule has 3 N–H and O–H groups in total. The van der Waals surface area contributed by atoms with E-state index in [2.05, 4.69) is 24.4 Å². The van der Waals surface area contributed by atoms with Crippen LogP contribution in [0, 0.1) is 0 Å². The highest BCUT2D eigenvalue weighted by atomic mass is 35.5. The molecule has 0 aliphatic rings. The van der Waals surface area contributed by atoms with Crippen molar-refractivity contribution in [2.75, 3.05) is 18.2 Å². The molecule has 112 valence electrons. The van der Waals surface area contributed by atoms with E-state index in [-0.39, 0.29) is 0 Å². The zero-order valence-electron chi connectivity index (χ0n) is 11.9. The highest BCUT2D eigenvalue weighted by Crippen LogP contribution is 2.30. The van der Waals surface area contributed by atoms with Crippen LogP contribution in [0.25, 0.3) is 0 Å². The van der Waals surface area contributed by atoms with Crippen molar-refractivity contribution in [3.63, 3.8) is 0 Å². The van der Waals surface area contributed by atoms with Crippen molar-refractivity contribution in [1.29, 1.82) is 0 Å². The molecular weight excluding hydrogens is 308 g/mol. The molecule has 0 unspecified atom stereocenters. The van der Waals surface area contributed by atoms with Crippen molar-refractivity contribution in [1.82, 2.24) is 0 Å². The summed E-state index contributed by atoms with van der Waals surface area (Å²) in [4.78, 5) is 14.3. The van der Waals surface area contributed by atoms with Gasteiger partial charge in [-0.15, -0.1) is 11.3 Å². The topological polar surface area (TPSA) is 64.3 Å². The fraction of sp³-hybridized carbons (Fsp3) is 0.267. The molecule has 0 spiro atoms. The van der Waals surface area contributed by atoms with Gasteiger partial charge in [-0.3, -0.25) is 0 Å². The van der Waals surface area contributed by atoms with E-state index in [9.17, 15) is 4.79 Å². The van der Waals surface area contributed by atoms with Crippen molar-refractivity contribution >= 4 is 40.3 Å². The van der Waals surface area contributed by atoms with E-state index in [1.165, 1.54) is 16.9 Å². The number of nitrogens with two attached hydrogens (primary N) is 1. The van der Waals surface area contributed by atoms with Crippen molar-refractivity contribution < 1.29 is 9.53 Å². The number of carbonyl (C=O) groups is 1. The summed E-state index contributed by atoms with van der Waals surface area (Å²) in [5.41, 5.74) is 7.05. The zero-order chi connectivity index (χ0) is 15.4. The van der Waals surface area contributed by atoms with E-state index in [1.54, 1.807) is 23.5 Å². The number of esters is 1. The van der Waals surface area contributed by atoms with Crippen LogP contribution in [0.2, 0.25) is 5.02 Å². The maximum absolute atomic E-state index is 11.8. The second-order valence-electron chi connectivity index (χ2n) is 4.49. The number of hydrogen-bond acceptors (Lipinski definition) is 5. The molecule has 21 heavy (non-hydrogen) atoms. The average molecular weight is 325 g/mol. The van der Waals surface area contributed by atoms with Crippen LogP contribution in [0.3, 0.4) is 0 Å². The van der Waals surface area contributed by atoms with Crippen LogP contribution in [0.5, 0.6) is 0 Å². The molecular formula is C15H17ClN2O2S. The monoisotopic (exact) mass is 324 g/mol. The molecule has 0 atom stereocenters. The van der Waals surface area contributed by atoms with Crippen LogP contribution >= 0.6 is 22.9 Å². The van der Waals surface area contributed by atoms with E-state index in [1.807, 2.05) is 0 Å². The molecule has 2 aromatic rings. The van der Waals surface area contributed by atoms with E-state index in [0.29, 0.717) is 28.5 Å². The first kappa shape index (κ1) is 15.7. The summed E-state index contributed by atoms with van der Waals surface area (Å²) in [5, 5.41) is 3.61. The Labute approximate surface area is 132 Å². The van der Waals surface area contributed by atoms with E-state index < -0.39 is 5.97 Å². The van der Waals surface area contributed by atoms with E-state index in [4.69, 9.17) is 22.1 Å². The third-order valence-corrected chi connectivity index (χ3v) is 4.55. The Balaban J connectivity index is 2.24. The Kier molecular flexibility index (Phi) is 5.09. The summed E-state index contributed by atoms with van der Waals surface area (Å²) in [6.07, 6.45) is 1.01. The van der Waals surface area contributed by atoms with Gasteiger partial charge in [-0.1, -0.05) is 18.5 Å². The van der Waals surface area contributed by atoms with Crippen LogP contribution in [-0.2, 0) is 17.7 Å². The fourth-order valence-electron chi connectivity index (χ4n) is 1.96. The second kappa shape index (κ2) is 6.83. The van der Waals surface area contributed by atoms with E-state index >= 15 is 0 Å². The zero-order valence-corrected chi connectivity index (χ0v) is 13.5. The maximum Gasteiger partial charge on any atom is 0.340 e. The first-order chi connectivity index (χ1) is 10.0. The lowest BCUT2D eigenvalue weighted by Gasteiger charge is -2.13. The summed E-state index contributed by atoms with van der Waals surface area (Å²) < 4.78 is 4.77. The predicted molar refractivity (Wildman–Crippen MR) is 88.2 cm³/mol. The molecule has 0 saturated heterocycles. The number of thiophene rings is 1. The van der Waals surface area contributed by atoms with Gasteiger partial charge < -0.3 is 15.8 Å². The average Bonchev–Trinajstić information content (AvgIpc) is 2.92. The fourth-order valence-corrected chi connectivity index (χ4v) is 3.15. The van der Waals surface area contributed by atoms with Crippen LogP contribution in [0.4, 0.5) is 11.4 Å². The molecule has 1 aromatic heterocycles. The van der Waals surface area contributed by atoms with Crippen molar-refractivity contribution in [3.8, 4) is 0 Å². The van der Waals surface area contributed by atoms with Gasteiger partial charge in [0.25, 0.3) is 0 Å². The molecule has 0 aliphatic carbocycles. The molecule has 0 radical (unpaired) electrons. The summed E-state index contributed by atoms with van der Waals surface area (Å²) >= 11 is 7.92. The molecule has 0 saturated carbocycles. The minimum atomic E-state index is -0.466. The number of ether oxygens (including phenoxy) is 1. The lowest BCUT2D eigenvalue weighted by molar-refractivity contribution is 0.0602. The van der Waals surface area contributed by atoms with Gasteiger partial charge in [0.1, 0.15) is 0 Å². The summed E-state index contributed by atoms with van der Waals surface area (Å²) in [6, 6.07) is 7.35. The van der Waals surface area contributed by atoms with Gasteiger partial charge in [0.15, 0.2) is 0 Å². The lowest BCUT2D eigenvalue weighted by Crippen LogP contribution is -2.09. The van der Waals surface area contributed by atoms with Crippen LogP contribution in [-0.4, -0.2) is 13.1 Å². The Hall–Kier alpha value is -1.72. The number of nitrogens with one attached hydrogen (secondary N) is 1. The van der Waals surface area contributed by atoms with E-state index in [0.717, 1.165) is 6.42 Å². The van der Waals surface area contributed by atoms with Crippen LogP contribution in [0.1, 0.15) is 27.0 Å². The summed E-state index contributed by atoms with van der Waals surface area (Å²) in [5.74, 6) is -0.466. The van der Waals surface area contributed by atoms with Gasteiger partial charge in [0, 0.05) is 22.0 Å². The van der Waals surface area contributed by atoms with Crippen molar-refractivity contribution in [3.05, 3.63) is 44.6 Å². The van der Waals surface area contributed by atoms with Crippen LogP contribution < -0.4 is 11.1 Å². The van der Waals surface area contributed by atoms with Gasteiger partial charge >= 0.3 is 5.97 Å². The molecule has 0 aliphatic heterocycles. The van der Waals surface area contributed by atoms with Gasteiger partial charge in [-0.2, -0.15) is 0 Å². The van der Waals surface area contributed by atoms with Gasteiger partial charge in [0.05, 0.1) is 23.4 Å². The number of aryl methyl sites for hydroxylation is 1. The second-order valence-corrected chi connectivity index (χ2v) is 6.15. The minimum Gasteiger partial charge on any atom is -0.465 e. The third kappa shape index (κ3) is 3.68.